The van der Waals surface area contributed by atoms with Crippen molar-refractivity contribution < 1.29 is 19.7 Å². The largest absolute Gasteiger partial charge is 0.490 e. The standard InChI is InChI=1S/C16H23NO4/c1-2-9-17-16(15(19)20)8-7-14(10-16)21-13-5-3-12(11-18)4-6-13/h3-6,14,17-18H,2,7-11H2,1H3,(H,19,20). The van der Waals surface area contributed by atoms with Crippen molar-refractivity contribution in [3.8, 4) is 5.75 Å². The number of rotatable bonds is 7. The van der Waals surface area contributed by atoms with Gasteiger partial charge >= 0.3 is 5.97 Å². The Morgan fingerprint density at radius 1 is 1.43 bits per heavy atom. The third-order valence-electron chi connectivity index (χ3n) is 4.00. The number of hydrogen-bond donors (Lipinski definition) is 3. The van der Waals surface area contributed by atoms with Gasteiger partial charge < -0.3 is 20.3 Å². The molecular weight excluding hydrogens is 270 g/mol. The number of ether oxygens (including phenoxy) is 1. The molecule has 1 aliphatic rings. The molecule has 5 heteroatoms. The van der Waals surface area contributed by atoms with Crippen molar-refractivity contribution in [2.75, 3.05) is 6.54 Å². The highest BCUT2D eigenvalue weighted by atomic mass is 16.5. The first kappa shape index (κ1) is 15.8. The van der Waals surface area contributed by atoms with Crippen LogP contribution >= 0.6 is 0 Å². The van der Waals surface area contributed by atoms with Gasteiger partial charge in [0.1, 0.15) is 17.4 Å². The quantitative estimate of drug-likeness (QED) is 0.716. The molecule has 5 nitrogen and oxygen atoms in total. The number of carbonyl (C=O) groups is 1. The van der Waals surface area contributed by atoms with E-state index in [4.69, 9.17) is 9.84 Å². The van der Waals surface area contributed by atoms with E-state index in [0.29, 0.717) is 25.1 Å². The molecule has 2 atom stereocenters. The number of benzene rings is 1. The summed E-state index contributed by atoms with van der Waals surface area (Å²) in [7, 11) is 0. The van der Waals surface area contributed by atoms with Crippen LogP contribution in [0.3, 0.4) is 0 Å². The van der Waals surface area contributed by atoms with Gasteiger partial charge in [-0.15, -0.1) is 0 Å². The van der Waals surface area contributed by atoms with Crippen LogP contribution in [0.4, 0.5) is 0 Å². The first-order valence-corrected chi connectivity index (χ1v) is 7.44. The average molecular weight is 293 g/mol. The van der Waals surface area contributed by atoms with Gasteiger partial charge in [-0.1, -0.05) is 19.1 Å². The van der Waals surface area contributed by atoms with Gasteiger partial charge in [-0.05, 0) is 43.5 Å². The van der Waals surface area contributed by atoms with Gasteiger partial charge in [-0.3, -0.25) is 4.79 Å². The number of carboxylic acids is 1. The molecule has 21 heavy (non-hydrogen) atoms. The Hall–Kier alpha value is -1.59. The lowest BCUT2D eigenvalue weighted by molar-refractivity contribution is -0.144. The van der Waals surface area contributed by atoms with Gasteiger partial charge in [0.2, 0.25) is 0 Å². The van der Waals surface area contributed by atoms with Crippen LogP contribution in [-0.4, -0.2) is 34.4 Å². The number of aliphatic hydroxyl groups excluding tert-OH is 1. The number of nitrogens with one attached hydrogen (secondary N) is 1. The van der Waals surface area contributed by atoms with Crippen molar-refractivity contribution in [1.29, 1.82) is 0 Å². The molecule has 0 bridgehead atoms. The molecule has 0 spiro atoms. The van der Waals surface area contributed by atoms with Gasteiger partial charge in [0, 0.05) is 6.42 Å². The summed E-state index contributed by atoms with van der Waals surface area (Å²) in [5.41, 5.74) is -0.0237. The molecule has 116 valence electrons. The number of aliphatic hydroxyl groups is 1. The summed E-state index contributed by atoms with van der Waals surface area (Å²) < 4.78 is 5.88. The molecule has 2 unspecified atom stereocenters. The lowest BCUT2D eigenvalue weighted by atomic mass is 9.97. The van der Waals surface area contributed by atoms with Crippen molar-refractivity contribution in [2.45, 2.75) is 50.9 Å². The van der Waals surface area contributed by atoms with Gasteiger partial charge in [-0.2, -0.15) is 0 Å². The second-order valence-corrected chi connectivity index (χ2v) is 5.60. The summed E-state index contributed by atoms with van der Waals surface area (Å²) in [4.78, 5) is 11.6. The first-order chi connectivity index (χ1) is 10.1. The minimum absolute atomic E-state index is 0.00672. The van der Waals surface area contributed by atoms with Crippen LogP contribution in [0.1, 0.15) is 38.2 Å². The molecule has 1 aromatic rings. The first-order valence-electron chi connectivity index (χ1n) is 7.44. The second kappa shape index (κ2) is 6.91. The Bertz CT molecular complexity index is 474. The minimum Gasteiger partial charge on any atom is -0.490 e. The predicted molar refractivity (Wildman–Crippen MR) is 79.3 cm³/mol. The van der Waals surface area contributed by atoms with Crippen molar-refractivity contribution in [3.63, 3.8) is 0 Å². The number of hydrogen-bond acceptors (Lipinski definition) is 4. The Balaban J connectivity index is 1.98. The van der Waals surface area contributed by atoms with Gasteiger partial charge in [-0.25, -0.2) is 0 Å². The van der Waals surface area contributed by atoms with Gasteiger partial charge in [0.15, 0.2) is 0 Å². The Morgan fingerprint density at radius 3 is 2.71 bits per heavy atom. The van der Waals surface area contributed by atoms with Crippen LogP contribution in [0.5, 0.6) is 5.75 Å². The summed E-state index contributed by atoms with van der Waals surface area (Å²) in [5, 5.41) is 21.7. The van der Waals surface area contributed by atoms with Crippen LogP contribution in [0, 0.1) is 0 Å². The van der Waals surface area contributed by atoms with E-state index in [0.717, 1.165) is 18.4 Å². The van der Waals surface area contributed by atoms with E-state index in [1.165, 1.54) is 0 Å². The highest BCUT2D eigenvalue weighted by molar-refractivity contribution is 5.79. The van der Waals surface area contributed by atoms with Crippen LogP contribution in [-0.2, 0) is 11.4 Å². The molecule has 1 aromatic carbocycles. The Morgan fingerprint density at radius 2 is 2.14 bits per heavy atom. The van der Waals surface area contributed by atoms with Gasteiger partial charge in [0.05, 0.1) is 6.61 Å². The summed E-state index contributed by atoms with van der Waals surface area (Å²) >= 11 is 0. The molecule has 0 saturated heterocycles. The zero-order valence-corrected chi connectivity index (χ0v) is 12.3. The smallest absolute Gasteiger partial charge is 0.324 e. The molecule has 0 radical (unpaired) electrons. The van der Waals surface area contributed by atoms with Crippen molar-refractivity contribution in [1.82, 2.24) is 5.32 Å². The third-order valence-corrected chi connectivity index (χ3v) is 4.00. The van der Waals surface area contributed by atoms with E-state index in [1.807, 2.05) is 31.2 Å². The lowest BCUT2D eigenvalue weighted by Crippen LogP contribution is -2.50. The van der Waals surface area contributed by atoms with Crippen LogP contribution < -0.4 is 10.1 Å². The van der Waals surface area contributed by atoms with Crippen LogP contribution in [0.25, 0.3) is 0 Å². The molecule has 1 fully saturated rings. The van der Waals surface area contributed by atoms with Crippen molar-refractivity contribution in [3.05, 3.63) is 29.8 Å². The maximum atomic E-state index is 11.6. The molecule has 2 rings (SSSR count). The van der Waals surface area contributed by atoms with E-state index in [-0.39, 0.29) is 12.7 Å². The highest BCUT2D eigenvalue weighted by Gasteiger charge is 2.46. The summed E-state index contributed by atoms with van der Waals surface area (Å²) in [6.07, 6.45) is 2.60. The normalized spacial score (nSPS) is 25.0. The zero-order valence-electron chi connectivity index (χ0n) is 12.3. The molecule has 0 amide bonds. The van der Waals surface area contributed by atoms with Crippen molar-refractivity contribution >= 4 is 5.97 Å². The van der Waals surface area contributed by atoms with E-state index in [1.54, 1.807) is 0 Å². The minimum atomic E-state index is -0.855. The van der Waals surface area contributed by atoms with E-state index < -0.39 is 11.5 Å². The molecule has 0 heterocycles. The van der Waals surface area contributed by atoms with Crippen molar-refractivity contribution in [2.24, 2.45) is 0 Å². The van der Waals surface area contributed by atoms with E-state index >= 15 is 0 Å². The fourth-order valence-corrected chi connectivity index (χ4v) is 2.76. The molecule has 1 aliphatic carbocycles. The fraction of sp³-hybridized carbons (Fsp3) is 0.562. The molecule has 1 saturated carbocycles. The molecule has 0 aliphatic heterocycles. The van der Waals surface area contributed by atoms with Crippen LogP contribution in [0.2, 0.25) is 0 Å². The summed E-state index contributed by atoms with van der Waals surface area (Å²) in [6.45, 7) is 2.73. The highest BCUT2D eigenvalue weighted by Crippen LogP contribution is 2.33. The SMILES string of the molecule is CCCNC1(C(=O)O)CCC(Oc2ccc(CO)cc2)C1. The average Bonchev–Trinajstić information content (AvgIpc) is 2.90. The summed E-state index contributed by atoms with van der Waals surface area (Å²) in [6, 6.07) is 7.24. The topological polar surface area (TPSA) is 78.8 Å². The molecule has 3 N–H and O–H groups in total. The Kier molecular flexibility index (Phi) is 5.20. The Labute approximate surface area is 124 Å². The van der Waals surface area contributed by atoms with E-state index in [9.17, 15) is 9.90 Å². The second-order valence-electron chi connectivity index (χ2n) is 5.60. The molecular formula is C16H23NO4. The number of aliphatic carboxylic acids is 1. The van der Waals surface area contributed by atoms with E-state index in [2.05, 4.69) is 5.32 Å². The third kappa shape index (κ3) is 3.74. The maximum Gasteiger partial charge on any atom is 0.324 e. The summed E-state index contributed by atoms with van der Waals surface area (Å²) in [5.74, 6) is -0.0773. The fourth-order valence-electron chi connectivity index (χ4n) is 2.76. The zero-order chi connectivity index (χ0) is 15.3. The van der Waals surface area contributed by atoms with Gasteiger partial charge in [0.25, 0.3) is 0 Å². The molecule has 0 aromatic heterocycles. The number of carboxylic acid groups (broad SMARTS) is 1. The predicted octanol–water partition coefficient (Wildman–Crippen LogP) is 1.93. The lowest BCUT2D eigenvalue weighted by Gasteiger charge is -2.25. The maximum absolute atomic E-state index is 11.6. The monoisotopic (exact) mass is 293 g/mol. The van der Waals surface area contributed by atoms with Crippen LogP contribution in [0.15, 0.2) is 24.3 Å².